The zero-order valence-corrected chi connectivity index (χ0v) is 25.8. The van der Waals surface area contributed by atoms with Crippen LogP contribution in [0.2, 0.25) is 5.82 Å². The molecular formula is C30H33BF2N4O6S. The second-order valence-electron chi connectivity index (χ2n) is 12.7. The fourth-order valence-electron chi connectivity index (χ4n) is 5.69. The first-order valence-corrected chi connectivity index (χ1v) is 15.8. The van der Waals surface area contributed by atoms with E-state index in [0.717, 1.165) is 16.6 Å². The molecule has 0 radical (unpaired) electrons. The minimum Gasteiger partial charge on any atom is -0.395 e. The fourth-order valence-corrected chi connectivity index (χ4v) is 6.95. The van der Waals surface area contributed by atoms with Crippen molar-refractivity contribution in [3.8, 4) is 11.5 Å². The number of amides is 1. The van der Waals surface area contributed by atoms with Crippen molar-refractivity contribution < 1.29 is 36.0 Å². The van der Waals surface area contributed by atoms with Crippen LogP contribution in [0.1, 0.15) is 50.6 Å². The molecule has 0 spiro atoms. The van der Waals surface area contributed by atoms with Crippen LogP contribution in [0.4, 0.5) is 14.5 Å². The number of carbonyl (C=O) groups is 1. The molecule has 2 aliphatic rings. The van der Waals surface area contributed by atoms with Crippen molar-refractivity contribution >= 4 is 40.4 Å². The lowest BCUT2D eigenvalue weighted by molar-refractivity contribution is -0.286. The van der Waals surface area contributed by atoms with Crippen molar-refractivity contribution in [2.24, 2.45) is 0 Å². The molecule has 2 N–H and O–H groups in total. The highest BCUT2D eigenvalue weighted by molar-refractivity contribution is 7.89. The number of ether oxygens (including phenoxy) is 2. The van der Waals surface area contributed by atoms with Crippen LogP contribution in [0.3, 0.4) is 0 Å². The summed E-state index contributed by atoms with van der Waals surface area (Å²) in [5.41, 5.74) is 2.19. The summed E-state index contributed by atoms with van der Waals surface area (Å²) in [6.45, 7) is 8.65. The molecule has 1 aliphatic carbocycles. The second-order valence-corrected chi connectivity index (χ2v) is 14.5. The molecule has 1 amide bonds. The van der Waals surface area contributed by atoms with Crippen molar-refractivity contribution in [2.75, 3.05) is 11.9 Å². The van der Waals surface area contributed by atoms with Gasteiger partial charge in [-0.15, -0.1) is 8.78 Å². The van der Waals surface area contributed by atoms with Crippen molar-refractivity contribution in [1.82, 2.24) is 14.4 Å². The monoisotopic (exact) mass is 626 g/mol. The lowest BCUT2D eigenvalue weighted by Crippen LogP contribution is -2.30. The van der Waals surface area contributed by atoms with E-state index in [4.69, 9.17) is 4.52 Å². The lowest BCUT2D eigenvalue weighted by Gasteiger charge is -2.24. The van der Waals surface area contributed by atoms with E-state index in [1.807, 2.05) is 26.0 Å². The molecule has 0 saturated heterocycles. The number of aromatic nitrogens is 2. The van der Waals surface area contributed by atoms with Gasteiger partial charge in [0.15, 0.2) is 17.3 Å². The molecule has 0 bridgehead atoms. The predicted molar refractivity (Wildman–Crippen MR) is 162 cm³/mol. The number of halogens is 2. The van der Waals surface area contributed by atoms with Gasteiger partial charge >= 0.3 is 6.29 Å². The zero-order valence-electron chi connectivity index (χ0n) is 25.0. The Balaban J connectivity index is 1.20. The summed E-state index contributed by atoms with van der Waals surface area (Å²) in [6, 6.07) is 12.3. The Morgan fingerprint density at radius 3 is 2.50 bits per heavy atom. The van der Waals surface area contributed by atoms with E-state index in [-0.39, 0.29) is 45.8 Å². The average Bonchev–Trinajstić information content (AvgIpc) is 3.34. The van der Waals surface area contributed by atoms with Gasteiger partial charge in [-0.25, -0.2) is 13.1 Å². The topological polar surface area (TPSA) is 125 Å². The number of aryl methyl sites for hydroxylation is 1. The van der Waals surface area contributed by atoms with Gasteiger partial charge < -0.3 is 23.9 Å². The van der Waals surface area contributed by atoms with Crippen molar-refractivity contribution in [3.05, 3.63) is 65.7 Å². The number of fused-ring (bicyclic) bond motifs is 2. The van der Waals surface area contributed by atoms with E-state index >= 15 is 0 Å². The molecule has 232 valence electrons. The van der Waals surface area contributed by atoms with Gasteiger partial charge in [-0.2, -0.15) is 0 Å². The van der Waals surface area contributed by atoms with Gasteiger partial charge in [0, 0.05) is 40.8 Å². The van der Waals surface area contributed by atoms with Crippen molar-refractivity contribution in [1.29, 1.82) is 0 Å². The SMILES string of the molecule is B[C@@H](CNS(=O)(=O)c1cnoc1C)Cn1c(C(C)(C)C)cc2cc(NC(=O)C3(c4ccc5c(c4)OC(F)(F)O5)CC3)ccc21. The Hall–Kier alpha value is -3.91. The summed E-state index contributed by atoms with van der Waals surface area (Å²) in [4.78, 5) is 13.5. The minimum atomic E-state index is -3.76. The maximum atomic E-state index is 13.5. The van der Waals surface area contributed by atoms with E-state index < -0.39 is 21.7 Å². The first-order valence-electron chi connectivity index (χ1n) is 14.3. The molecular weight excluding hydrogens is 593 g/mol. The first-order chi connectivity index (χ1) is 20.6. The molecule has 4 aromatic rings. The third kappa shape index (κ3) is 5.56. The van der Waals surface area contributed by atoms with Crippen LogP contribution in [0.25, 0.3) is 10.9 Å². The Kier molecular flexibility index (Phi) is 7.08. The Morgan fingerprint density at radius 2 is 1.84 bits per heavy atom. The van der Waals surface area contributed by atoms with Crippen LogP contribution >= 0.6 is 0 Å². The second kappa shape index (κ2) is 10.3. The quantitative estimate of drug-likeness (QED) is 0.260. The number of benzene rings is 2. The van der Waals surface area contributed by atoms with Crippen LogP contribution in [0.5, 0.6) is 11.5 Å². The van der Waals surface area contributed by atoms with Gasteiger partial charge in [0.2, 0.25) is 15.9 Å². The summed E-state index contributed by atoms with van der Waals surface area (Å²) >= 11 is 0. The molecule has 3 heterocycles. The van der Waals surface area contributed by atoms with Gasteiger partial charge in [-0.3, -0.25) is 4.79 Å². The highest BCUT2D eigenvalue weighted by Crippen LogP contribution is 2.52. The minimum absolute atomic E-state index is 0.0223. The Labute approximate surface area is 254 Å². The van der Waals surface area contributed by atoms with E-state index in [1.54, 1.807) is 13.0 Å². The standard InChI is InChI=1S/C30H33BF2N4O6S/c1-17-25(15-34-43-17)44(39,40)35-14-20(31)16-37-22-7-6-21(11-18(22)12-26(37)28(2,3)4)36-27(38)29(9-10-29)19-5-8-23-24(13-19)42-30(32,33)41-23/h5-8,11-13,15,20,35H,9-10,14,16,31H2,1-4H3,(H,36,38)/t20-/m0/s1. The van der Waals surface area contributed by atoms with Crippen LogP contribution in [-0.2, 0) is 32.2 Å². The number of hydrogen-bond acceptors (Lipinski definition) is 7. The molecule has 1 aliphatic heterocycles. The van der Waals surface area contributed by atoms with Gasteiger partial charge in [0.05, 0.1) is 11.6 Å². The summed E-state index contributed by atoms with van der Waals surface area (Å²) in [6.07, 6.45) is -1.36. The van der Waals surface area contributed by atoms with Gasteiger partial charge in [0.1, 0.15) is 12.7 Å². The van der Waals surface area contributed by atoms with Crippen LogP contribution < -0.4 is 19.5 Å². The highest BCUT2D eigenvalue weighted by atomic mass is 32.2. The molecule has 2 aromatic heterocycles. The fraction of sp³-hybridized carbons (Fsp3) is 0.400. The zero-order chi connectivity index (χ0) is 31.7. The molecule has 6 rings (SSSR count). The summed E-state index contributed by atoms with van der Waals surface area (Å²) in [5.74, 6) is -0.191. The maximum Gasteiger partial charge on any atom is 0.586 e. The molecule has 14 heteroatoms. The molecule has 1 atom stereocenters. The molecule has 1 fully saturated rings. The molecule has 2 aromatic carbocycles. The maximum absolute atomic E-state index is 13.5. The predicted octanol–water partition coefficient (Wildman–Crippen LogP) is 4.63. The third-order valence-corrected chi connectivity index (χ3v) is 9.70. The molecule has 1 saturated carbocycles. The number of rotatable bonds is 9. The smallest absolute Gasteiger partial charge is 0.395 e. The highest BCUT2D eigenvalue weighted by Gasteiger charge is 2.52. The van der Waals surface area contributed by atoms with Gasteiger partial charge in [-0.05, 0) is 67.5 Å². The summed E-state index contributed by atoms with van der Waals surface area (Å²) < 4.78 is 71.4. The first kappa shape index (κ1) is 30.1. The van der Waals surface area contributed by atoms with Gasteiger partial charge in [-0.1, -0.05) is 32.0 Å². The van der Waals surface area contributed by atoms with E-state index in [2.05, 4.69) is 56.1 Å². The summed E-state index contributed by atoms with van der Waals surface area (Å²) in [7, 11) is -1.78. The Morgan fingerprint density at radius 1 is 1.11 bits per heavy atom. The normalized spacial score (nSPS) is 17.5. The van der Waals surface area contributed by atoms with Crippen LogP contribution in [0.15, 0.2) is 58.1 Å². The number of nitrogens with zero attached hydrogens (tertiary/aromatic N) is 2. The van der Waals surface area contributed by atoms with Crippen molar-refractivity contribution in [2.45, 2.75) is 74.9 Å². The largest absolute Gasteiger partial charge is 0.586 e. The van der Waals surface area contributed by atoms with E-state index in [0.29, 0.717) is 30.6 Å². The Bertz CT molecular complexity index is 1880. The number of anilines is 1. The van der Waals surface area contributed by atoms with Crippen LogP contribution in [-0.4, -0.2) is 44.7 Å². The van der Waals surface area contributed by atoms with E-state index in [9.17, 15) is 22.0 Å². The lowest BCUT2D eigenvalue weighted by atomic mass is 9.86. The number of alkyl halides is 2. The van der Waals surface area contributed by atoms with Crippen molar-refractivity contribution in [3.63, 3.8) is 0 Å². The number of carbonyl (C=O) groups excluding carboxylic acids is 1. The number of nitrogens with one attached hydrogen (secondary N) is 2. The van der Waals surface area contributed by atoms with Gasteiger partial charge in [0.25, 0.3) is 0 Å². The number of sulfonamides is 1. The molecule has 0 unspecified atom stereocenters. The van der Waals surface area contributed by atoms with E-state index in [1.165, 1.54) is 18.3 Å². The molecule has 10 nitrogen and oxygen atoms in total. The average molecular weight is 626 g/mol. The number of hydrogen-bond donors (Lipinski definition) is 2. The third-order valence-electron chi connectivity index (χ3n) is 8.18. The van der Waals surface area contributed by atoms with Crippen LogP contribution in [0, 0.1) is 6.92 Å². The summed E-state index contributed by atoms with van der Waals surface area (Å²) in [5, 5.41) is 7.52. The molecule has 44 heavy (non-hydrogen) atoms.